The summed E-state index contributed by atoms with van der Waals surface area (Å²) in [5.41, 5.74) is 0.951. The maximum atomic E-state index is 14.1. The van der Waals surface area contributed by atoms with Crippen molar-refractivity contribution in [2.24, 2.45) is 5.92 Å². The van der Waals surface area contributed by atoms with Crippen molar-refractivity contribution in [2.45, 2.75) is 38.0 Å². The van der Waals surface area contributed by atoms with Gasteiger partial charge in [0.2, 0.25) is 0 Å². The summed E-state index contributed by atoms with van der Waals surface area (Å²) in [6, 6.07) is 6.83. The summed E-state index contributed by atoms with van der Waals surface area (Å²) < 4.78 is 19.6. The van der Waals surface area contributed by atoms with Gasteiger partial charge in [0.05, 0.1) is 24.3 Å². The van der Waals surface area contributed by atoms with Gasteiger partial charge in [-0.2, -0.15) is 5.26 Å². The largest absolute Gasteiger partial charge is 0.393 e. The van der Waals surface area contributed by atoms with Gasteiger partial charge in [-0.25, -0.2) is 4.39 Å². The number of rotatable bonds is 3. The molecule has 0 bridgehead atoms. The van der Waals surface area contributed by atoms with Crippen LogP contribution >= 0.6 is 0 Å². The Bertz CT molecular complexity index is 572. The number of aliphatic hydroxyl groups excluding tert-OH is 1. The lowest BCUT2D eigenvalue weighted by atomic mass is 9.89. The summed E-state index contributed by atoms with van der Waals surface area (Å²) in [6.07, 6.45) is 2.43. The number of aliphatic hydroxyl groups is 1. The summed E-state index contributed by atoms with van der Waals surface area (Å²) in [5, 5.41) is 19.0. The van der Waals surface area contributed by atoms with Gasteiger partial charge >= 0.3 is 0 Å². The molecule has 5 heteroatoms. The Balaban J connectivity index is 1.72. The van der Waals surface area contributed by atoms with E-state index in [0.717, 1.165) is 19.4 Å². The average Bonchev–Trinajstić information content (AvgIpc) is 2.98. The fraction of sp³-hybridized carbons (Fsp3) is 0.588. The zero-order chi connectivity index (χ0) is 15.5. The second-order valence-corrected chi connectivity index (χ2v) is 6.19. The van der Waals surface area contributed by atoms with Crippen LogP contribution in [0, 0.1) is 23.1 Å². The van der Waals surface area contributed by atoms with E-state index < -0.39 is 0 Å². The van der Waals surface area contributed by atoms with Gasteiger partial charge in [0.1, 0.15) is 5.82 Å². The van der Waals surface area contributed by atoms with Gasteiger partial charge in [-0.1, -0.05) is 6.07 Å². The van der Waals surface area contributed by atoms with Crippen LogP contribution in [0.2, 0.25) is 0 Å². The van der Waals surface area contributed by atoms with Crippen molar-refractivity contribution in [2.75, 3.05) is 19.8 Å². The SMILES string of the molecule is N#Cc1ccc(CN2CCC[C@@H]2[C@H]2COCC[C@H]2O)c(F)c1. The molecule has 0 amide bonds. The third kappa shape index (κ3) is 3.14. The fourth-order valence-corrected chi connectivity index (χ4v) is 3.61. The Morgan fingerprint density at radius 2 is 2.27 bits per heavy atom. The quantitative estimate of drug-likeness (QED) is 0.928. The molecule has 2 heterocycles. The van der Waals surface area contributed by atoms with Crippen molar-refractivity contribution in [3.63, 3.8) is 0 Å². The number of ether oxygens (including phenoxy) is 1. The summed E-state index contributed by atoms with van der Waals surface area (Å²) >= 11 is 0. The van der Waals surface area contributed by atoms with E-state index in [0.29, 0.717) is 37.3 Å². The monoisotopic (exact) mass is 304 g/mol. The Kier molecular flexibility index (Phi) is 4.72. The minimum atomic E-state index is -0.329. The van der Waals surface area contributed by atoms with E-state index >= 15 is 0 Å². The number of nitriles is 1. The van der Waals surface area contributed by atoms with Crippen molar-refractivity contribution in [3.05, 3.63) is 35.1 Å². The second kappa shape index (κ2) is 6.74. The van der Waals surface area contributed by atoms with E-state index in [1.54, 1.807) is 12.1 Å². The number of benzene rings is 1. The number of hydrogen-bond acceptors (Lipinski definition) is 4. The molecule has 3 rings (SSSR count). The predicted molar refractivity (Wildman–Crippen MR) is 79.5 cm³/mol. The highest BCUT2D eigenvalue weighted by Crippen LogP contribution is 2.31. The molecule has 0 aliphatic carbocycles. The first-order valence-corrected chi connectivity index (χ1v) is 7.87. The first-order valence-electron chi connectivity index (χ1n) is 7.87. The highest BCUT2D eigenvalue weighted by atomic mass is 19.1. The molecule has 1 aromatic carbocycles. The molecule has 0 saturated carbocycles. The van der Waals surface area contributed by atoms with Crippen molar-refractivity contribution in [3.8, 4) is 6.07 Å². The molecule has 2 aliphatic rings. The molecule has 1 N–H and O–H groups in total. The maximum absolute atomic E-state index is 14.1. The molecular formula is C17H21FN2O2. The standard InChI is InChI=1S/C17H21FN2O2/c18-15-8-12(9-19)3-4-13(15)10-20-6-1-2-16(20)14-11-22-7-5-17(14)21/h3-4,8,14,16-17,21H,1-2,5-7,10-11H2/t14-,16-,17-/m1/s1. The van der Waals surface area contributed by atoms with E-state index in [2.05, 4.69) is 4.90 Å². The van der Waals surface area contributed by atoms with E-state index in [1.165, 1.54) is 6.07 Å². The molecule has 0 radical (unpaired) electrons. The molecule has 2 aliphatic heterocycles. The summed E-state index contributed by atoms with van der Waals surface area (Å²) in [4.78, 5) is 2.24. The van der Waals surface area contributed by atoms with Gasteiger partial charge < -0.3 is 9.84 Å². The number of hydrogen-bond donors (Lipinski definition) is 1. The smallest absolute Gasteiger partial charge is 0.129 e. The van der Waals surface area contributed by atoms with Gasteiger partial charge in [0.25, 0.3) is 0 Å². The highest BCUT2D eigenvalue weighted by Gasteiger charge is 2.37. The predicted octanol–water partition coefficient (Wildman–Crippen LogP) is 2.06. The van der Waals surface area contributed by atoms with Crippen LogP contribution in [0.25, 0.3) is 0 Å². The summed E-state index contributed by atoms with van der Waals surface area (Å²) in [6.45, 7) is 2.63. The number of nitrogens with zero attached hydrogens (tertiary/aromatic N) is 2. The minimum Gasteiger partial charge on any atom is -0.393 e. The van der Waals surface area contributed by atoms with Crippen molar-refractivity contribution < 1.29 is 14.2 Å². The molecule has 2 fully saturated rings. The Morgan fingerprint density at radius 1 is 1.41 bits per heavy atom. The van der Waals surface area contributed by atoms with Gasteiger partial charge in [-0.15, -0.1) is 0 Å². The lowest BCUT2D eigenvalue weighted by Gasteiger charge is -2.37. The lowest BCUT2D eigenvalue weighted by Crippen LogP contribution is -2.45. The number of likely N-dealkylation sites (tertiary alicyclic amines) is 1. The molecule has 0 unspecified atom stereocenters. The zero-order valence-electron chi connectivity index (χ0n) is 12.5. The molecular weight excluding hydrogens is 283 g/mol. The Morgan fingerprint density at radius 3 is 3.00 bits per heavy atom. The molecule has 22 heavy (non-hydrogen) atoms. The maximum Gasteiger partial charge on any atom is 0.129 e. The first kappa shape index (κ1) is 15.4. The van der Waals surface area contributed by atoms with Crippen LogP contribution in [0.5, 0.6) is 0 Å². The molecule has 3 atom stereocenters. The first-order chi connectivity index (χ1) is 10.7. The van der Waals surface area contributed by atoms with Crippen LogP contribution in [0.15, 0.2) is 18.2 Å². The van der Waals surface area contributed by atoms with E-state index in [9.17, 15) is 9.50 Å². The molecule has 118 valence electrons. The van der Waals surface area contributed by atoms with Gasteiger partial charge in [0.15, 0.2) is 0 Å². The average molecular weight is 304 g/mol. The van der Waals surface area contributed by atoms with Gasteiger partial charge in [-0.05, 0) is 37.9 Å². The van der Waals surface area contributed by atoms with Crippen LogP contribution < -0.4 is 0 Å². The summed E-state index contributed by atoms with van der Waals surface area (Å²) in [7, 11) is 0. The van der Waals surface area contributed by atoms with Crippen molar-refractivity contribution >= 4 is 0 Å². The van der Waals surface area contributed by atoms with Crippen LogP contribution in [-0.2, 0) is 11.3 Å². The van der Waals surface area contributed by atoms with E-state index in [-0.39, 0.29) is 23.9 Å². The molecule has 4 nitrogen and oxygen atoms in total. The van der Waals surface area contributed by atoms with Crippen LogP contribution in [0.3, 0.4) is 0 Å². The molecule has 0 spiro atoms. The molecule has 2 saturated heterocycles. The second-order valence-electron chi connectivity index (χ2n) is 6.19. The molecule has 0 aromatic heterocycles. The number of halogens is 1. The summed E-state index contributed by atoms with van der Waals surface area (Å²) in [5.74, 6) is -0.220. The Hall–Kier alpha value is -1.48. The highest BCUT2D eigenvalue weighted by molar-refractivity contribution is 5.32. The zero-order valence-corrected chi connectivity index (χ0v) is 12.5. The third-order valence-corrected chi connectivity index (χ3v) is 4.83. The van der Waals surface area contributed by atoms with Gasteiger partial charge in [-0.3, -0.25) is 4.90 Å². The van der Waals surface area contributed by atoms with Crippen molar-refractivity contribution in [1.82, 2.24) is 4.90 Å². The lowest BCUT2D eigenvalue weighted by molar-refractivity contribution is -0.0636. The van der Waals surface area contributed by atoms with Crippen molar-refractivity contribution in [1.29, 1.82) is 5.26 Å². The Labute approximate surface area is 130 Å². The van der Waals surface area contributed by atoms with Gasteiger partial charge in [0, 0.05) is 30.7 Å². The van der Waals surface area contributed by atoms with Crippen LogP contribution in [0.4, 0.5) is 4.39 Å². The van der Waals surface area contributed by atoms with E-state index in [4.69, 9.17) is 10.00 Å². The minimum absolute atomic E-state index is 0.109. The van der Waals surface area contributed by atoms with E-state index in [1.807, 2.05) is 6.07 Å². The topological polar surface area (TPSA) is 56.5 Å². The van der Waals surface area contributed by atoms with Crippen LogP contribution in [-0.4, -0.2) is 41.9 Å². The molecule has 1 aromatic rings. The normalized spacial score (nSPS) is 29.4. The third-order valence-electron chi connectivity index (χ3n) is 4.83. The van der Waals surface area contributed by atoms with Crippen LogP contribution in [0.1, 0.15) is 30.4 Å². The fourth-order valence-electron chi connectivity index (χ4n) is 3.61.